The van der Waals surface area contributed by atoms with E-state index >= 15 is 0 Å². The van der Waals surface area contributed by atoms with Crippen molar-refractivity contribution in [3.63, 3.8) is 0 Å². The van der Waals surface area contributed by atoms with Crippen molar-refractivity contribution in [3.05, 3.63) is 45.9 Å². The van der Waals surface area contributed by atoms with Crippen molar-refractivity contribution in [3.8, 4) is 0 Å². The monoisotopic (exact) mass is 289 g/mol. The minimum absolute atomic E-state index is 0.0782. The van der Waals surface area contributed by atoms with Crippen LogP contribution in [0.3, 0.4) is 0 Å². The molecule has 2 rings (SSSR count). The van der Waals surface area contributed by atoms with E-state index in [4.69, 9.17) is 5.73 Å². The second-order valence-corrected chi connectivity index (χ2v) is 6.80. The molecule has 0 saturated carbocycles. The predicted molar refractivity (Wildman–Crippen MR) is 83.1 cm³/mol. The fourth-order valence-electron chi connectivity index (χ4n) is 1.71. The first-order valence-corrected chi connectivity index (χ1v) is 7.27. The zero-order valence-electron chi connectivity index (χ0n) is 11.9. The molecule has 0 aliphatic heterocycles. The number of primary amides is 1. The van der Waals surface area contributed by atoms with E-state index in [2.05, 4.69) is 31.1 Å². The molecule has 0 fully saturated rings. The summed E-state index contributed by atoms with van der Waals surface area (Å²) in [5, 5.41) is 4.41. The lowest BCUT2D eigenvalue weighted by atomic mass is 9.98. The molecule has 1 amide bonds. The molecule has 0 radical (unpaired) electrons. The van der Waals surface area contributed by atoms with Gasteiger partial charge in [0.15, 0.2) is 0 Å². The van der Waals surface area contributed by atoms with Crippen LogP contribution >= 0.6 is 11.3 Å². The Bertz CT molecular complexity index is 614. The quantitative estimate of drug-likeness (QED) is 0.908. The summed E-state index contributed by atoms with van der Waals surface area (Å²) in [4.78, 5) is 16.7. The number of nitrogens with zero attached hydrogens (tertiary/aromatic N) is 1. The molecule has 106 valence electrons. The topological polar surface area (TPSA) is 68.0 Å². The Morgan fingerprint density at radius 3 is 2.75 bits per heavy atom. The Labute approximate surface area is 123 Å². The molecule has 3 N–H and O–H groups in total. The Morgan fingerprint density at radius 2 is 2.15 bits per heavy atom. The van der Waals surface area contributed by atoms with Crippen molar-refractivity contribution >= 4 is 22.9 Å². The van der Waals surface area contributed by atoms with Crippen LogP contribution in [0, 0.1) is 0 Å². The highest BCUT2D eigenvalue weighted by molar-refractivity contribution is 7.11. The van der Waals surface area contributed by atoms with Gasteiger partial charge in [0, 0.05) is 27.7 Å². The van der Waals surface area contributed by atoms with E-state index in [1.54, 1.807) is 23.5 Å². The summed E-state index contributed by atoms with van der Waals surface area (Å²) in [7, 11) is 0. The van der Waals surface area contributed by atoms with Crippen molar-refractivity contribution in [2.24, 2.45) is 5.73 Å². The number of thiazole rings is 1. The molecule has 4 nitrogen and oxygen atoms in total. The molecule has 1 heterocycles. The molecular formula is C15H19N3OS. The molecule has 0 bridgehead atoms. The van der Waals surface area contributed by atoms with E-state index < -0.39 is 5.91 Å². The number of carbonyl (C=O) groups is 1. The molecule has 0 aliphatic carbocycles. The van der Waals surface area contributed by atoms with Crippen LogP contribution in [0.4, 0.5) is 5.69 Å². The van der Waals surface area contributed by atoms with Gasteiger partial charge in [-0.15, -0.1) is 11.3 Å². The first-order valence-electron chi connectivity index (χ1n) is 6.45. The summed E-state index contributed by atoms with van der Waals surface area (Å²) in [6.07, 6.45) is 1.90. The zero-order valence-corrected chi connectivity index (χ0v) is 12.8. The van der Waals surface area contributed by atoms with Crippen LogP contribution in [-0.4, -0.2) is 10.9 Å². The zero-order chi connectivity index (χ0) is 14.8. The number of benzene rings is 1. The summed E-state index contributed by atoms with van der Waals surface area (Å²) >= 11 is 1.70. The summed E-state index contributed by atoms with van der Waals surface area (Å²) in [6.45, 7) is 7.15. The maximum atomic E-state index is 11.1. The van der Waals surface area contributed by atoms with Gasteiger partial charge in [-0.05, 0) is 18.2 Å². The normalized spacial score (nSPS) is 11.3. The van der Waals surface area contributed by atoms with Crippen LogP contribution in [0.1, 0.15) is 41.0 Å². The van der Waals surface area contributed by atoms with Gasteiger partial charge in [0.1, 0.15) is 0 Å². The first kappa shape index (κ1) is 14.5. The number of nitrogens with one attached hydrogen (secondary N) is 1. The van der Waals surface area contributed by atoms with E-state index in [1.165, 1.54) is 4.88 Å². The van der Waals surface area contributed by atoms with Gasteiger partial charge in [0.2, 0.25) is 5.91 Å². The van der Waals surface area contributed by atoms with Gasteiger partial charge in [-0.3, -0.25) is 4.79 Å². The van der Waals surface area contributed by atoms with E-state index in [0.717, 1.165) is 10.7 Å². The number of rotatable bonds is 4. The molecule has 0 unspecified atom stereocenters. The molecule has 0 spiro atoms. The highest BCUT2D eigenvalue weighted by Crippen LogP contribution is 2.27. The summed E-state index contributed by atoms with van der Waals surface area (Å²) < 4.78 is 0. The number of hydrogen-bond donors (Lipinski definition) is 2. The van der Waals surface area contributed by atoms with Crippen molar-refractivity contribution in [2.45, 2.75) is 32.7 Å². The number of carbonyl (C=O) groups excluding carboxylic acids is 1. The lowest BCUT2D eigenvalue weighted by molar-refractivity contribution is 0.100. The number of amides is 1. The fourth-order valence-corrected chi connectivity index (χ4v) is 2.62. The predicted octanol–water partition coefficient (Wildman–Crippen LogP) is 3.15. The number of hydrogen-bond acceptors (Lipinski definition) is 4. The van der Waals surface area contributed by atoms with E-state index in [1.807, 2.05) is 18.3 Å². The standard InChI is InChI=1S/C15H19N3OS/c1-15(2,3)14-18-9-12(20-14)8-17-11-6-4-5-10(7-11)13(16)19/h4-7,9,17H,8H2,1-3H3,(H2,16,19). The van der Waals surface area contributed by atoms with Crippen molar-refractivity contribution in [2.75, 3.05) is 5.32 Å². The minimum atomic E-state index is -0.415. The van der Waals surface area contributed by atoms with Crippen molar-refractivity contribution < 1.29 is 4.79 Å². The maximum absolute atomic E-state index is 11.1. The minimum Gasteiger partial charge on any atom is -0.380 e. The molecule has 20 heavy (non-hydrogen) atoms. The van der Waals surface area contributed by atoms with Gasteiger partial charge in [0.05, 0.1) is 11.6 Å². The molecular weight excluding hydrogens is 270 g/mol. The number of anilines is 1. The lowest BCUT2D eigenvalue weighted by Crippen LogP contribution is -2.11. The van der Waals surface area contributed by atoms with E-state index in [0.29, 0.717) is 12.1 Å². The smallest absolute Gasteiger partial charge is 0.248 e. The lowest BCUT2D eigenvalue weighted by Gasteiger charge is -2.13. The van der Waals surface area contributed by atoms with Gasteiger partial charge in [-0.25, -0.2) is 4.98 Å². The number of aromatic nitrogens is 1. The van der Waals surface area contributed by atoms with Gasteiger partial charge in [-0.2, -0.15) is 0 Å². The Morgan fingerprint density at radius 1 is 1.40 bits per heavy atom. The van der Waals surface area contributed by atoms with Gasteiger partial charge in [-0.1, -0.05) is 26.8 Å². The van der Waals surface area contributed by atoms with Crippen LogP contribution in [-0.2, 0) is 12.0 Å². The highest BCUT2D eigenvalue weighted by atomic mass is 32.1. The molecule has 1 aromatic carbocycles. The van der Waals surface area contributed by atoms with E-state index in [9.17, 15) is 4.79 Å². The molecule has 0 aliphatic rings. The third-order valence-electron chi connectivity index (χ3n) is 2.81. The third kappa shape index (κ3) is 3.57. The number of nitrogens with two attached hydrogens (primary N) is 1. The summed E-state index contributed by atoms with van der Waals surface area (Å²) in [5.41, 5.74) is 6.74. The summed E-state index contributed by atoms with van der Waals surface area (Å²) in [5.74, 6) is -0.415. The van der Waals surface area contributed by atoms with Gasteiger partial charge >= 0.3 is 0 Å². The van der Waals surface area contributed by atoms with Crippen LogP contribution in [0.5, 0.6) is 0 Å². The molecule has 1 aromatic heterocycles. The maximum Gasteiger partial charge on any atom is 0.248 e. The molecule has 0 saturated heterocycles. The summed E-state index contributed by atoms with van der Waals surface area (Å²) in [6, 6.07) is 7.19. The first-order chi connectivity index (χ1) is 9.36. The Kier molecular flexibility index (Phi) is 4.09. The van der Waals surface area contributed by atoms with E-state index in [-0.39, 0.29) is 5.41 Å². The average molecular weight is 289 g/mol. The third-order valence-corrected chi connectivity index (χ3v) is 4.23. The molecule has 5 heteroatoms. The second kappa shape index (κ2) is 5.63. The fraction of sp³-hybridized carbons (Fsp3) is 0.333. The molecule has 2 aromatic rings. The second-order valence-electron chi connectivity index (χ2n) is 5.68. The molecule has 0 atom stereocenters. The Hall–Kier alpha value is -1.88. The Balaban J connectivity index is 2.04. The highest BCUT2D eigenvalue weighted by Gasteiger charge is 2.17. The van der Waals surface area contributed by atoms with Crippen LogP contribution in [0.15, 0.2) is 30.5 Å². The van der Waals surface area contributed by atoms with Crippen LogP contribution in [0.2, 0.25) is 0 Å². The van der Waals surface area contributed by atoms with Crippen LogP contribution < -0.4 is 11.1 Å². The van der Waals surface area contributed by atoms with Crippen molar-refractivity contribution in [1.29, 1.82) is 0 Å². The average Bonchev–Trinajstić information content (AvgIpc) is 2.85. The van der Waals surface area contributed by atoms with Gasteiger partial charge in [0.25, 0.3) is 0 Å². The van der Waals surface area contributed by atoms with Crippen molar-refractivity contribution in [1.82, 2.24) is 4.98 Å². The van der Waals surface area contributed by atoms with Crippen LogP contribution in [0.25, 0.3) is 0 Å². The van der Waals surface area contributed by atoms with Gasteiger partial charge < -0.3 is 11.1 Å². The largest absolute Gasteiger partial charge is 0.380 e. The SMILES string of the molecule is CC(C)(C)c1ncc(CNc2cccc(C(N)=O)c2)s1.